The van der Waals surface area contributed by atoms with Crippen molar-refractivity contribution in [2.24, 2.45) is 0 Å². The fourth-order valence-corrected chi connectivity index (χ4v) is 1.55. The van der Waals surface area contributed by atoms with E-state index in [2.05, 4.69) is 15.9 Å². The first-order valence-electron chi connectivity index (χ1n) is 4.60. The third kappa shape index (κ3) is 3.10. The predicted molar refractivity (Wildman–Crippen MR) is 53.5 cm³/mol. The number of ether oxygens (including phenoxy) is 2. The lowest BCUT2D eigenvalue weighted by atomic mass is 9.99. The van der Waals surface area contributed by atoms with E-state index < -0.39 is 37.3 Å². The molecule has 0 saturated carbocycles. The standard InChI is InChI=1S/C8H15BrO6/c9-1-2-14-8-7(13)6(12)5(11)4(3-10)15-8/h4-8,10-13H,1-3H2/t4-,5+,6+,7-,8+/m1/s1. The van der Waals surface area contributed by atoms with E-state index in [1.807, 2.05) is 0 Å². The summed E-state index contributed by atoms with van der Waals surface area (Å²) in [4.78, 5) is 0. The van der Waals surface area contributed by atoms with Crippen molar-refractivity contribution in [3.05, 3.63) is 0 Å². The van der Waals surface area contributed by atoms with Crippen LogP contribution in [0.1, 0.15) is 0 Å². The summed E-state index contributed by atoms with van der Waals surface area (Å²) in [6.07, 6.45) is -5.98. The number of alkyl halides is 1. The molecule has 5 atom stereocenters. The third-order valence-corrected chi connectivity index (χ3v) is 2.53. The molecule has 0 spiro atoms. The molecule has 0 radical (unpaired) electrons. The highest BCUT2D eigenvalue weighted by molar-refractivity contribution is 9.09. The van der Waals surface area contributed by atoms with Gasteiger partial charge in [-0.2, -0.15) is 0 Å². The molecule has 0 aromatic heterocycles. The van der Waals surface area contributed by atoms with Crippen molar-refractivity contribution in [3.63, 3.8) is 0 Å². The van der Waals surface area contributed by atoms with Gasteiger partial charge >= 0.3 is 0 Å². The summed E-state index contributed by atoms with van der Waals surface area (Å²) in [5, 5.41) is 37.7. The van der Waals surface area contributed by atoms with Gasteiger partial charge in [0.15, 0.2) is 6.29 Å². The molecule has 15 heavy (non-hydrogen) atoms. The molecule has 0 aliphatic carbocycles. The molecule has 0 aromatic carbocycles. The molecule has 0 unspecified atom stereocenters. The summed E-state index contributed by atoms with van der Waals surface area (Å²) in [7, 11) is 0. The van der Waals surface area contributed by atoms with Gasteiger partial charge in [-0.3, -0.25) is 0 Å². The Bertz CT molecular complexity index is 190. The van der Waals surface area contributed by atoms with Crippen molar-refractivity contribution in [1.82, 2.24) is 0 Å². The van der Waals surface area contributed by atoms with Crippen LogP contribution in [0.5, 0.6) is 0 Å². The average molecular weight is 287 g/mol. The van der Waals surface area contributed by atoms with Crippen molar-refractivity contribution in [2.75, 3.05) is 18.5 Å². The van der Waals surface area contributed by atoms with E-state index in [1.165, 1.54) is 0 Å². The van der Waals surface area contributed by atoms with E-state index in [4.69, 9.17) is 14.6 Å². The van der Waals surface area contributed by atoms with Crippen molar-refractivity contribution < 1.29 is 29.9 Å². The second kappa shape index (κ2) is 6.09. The Morgan fingerprint density at radius 1 is 1.13 bits per heavy atom. The SMILES string of the molecule is OC[C@H]1O[C@H](OCCBr)[C@H](O)[C@@H](O)[C@H]1O. The average Bonchev–Trinajstić information content (AvgIpc) is 2.25. The summed E-state index contributed by atoms with van der Waals surface area (Å²) in [5.74, 6) is 0. The van der Waals surface area contributed by atoms with E-state index >= 15 is 0 Å². The maximum absolute atomic E-state index is 9.49. The Morgan fingerprint density at radius 3 is 2.33 bits per heavy atom. The van der Waals surface area contributed by atoms with Crippen LogP contribution in [0.4, 0.5) is 0 Å². The monoisotopic (exact) mass is 286 g/mol. The summed E-state index contributed by atoms with van der Waals surface area (Å²) >= 11 is 3.13. The van der Waals surface area contributed by atoms with Crippen LogP contribution < -0.4 is 0 Å². The second-order valence-corrected chi connectivity index (χ2v) is 4.05. The normalized spacial score (nSPS) is 41.8. The Balaban J connectivity index is 2.57. The lowest BCUT2D eigenvalue weighted by molar-refractivity contribution is -0.299. The zero-order valence-corrected chi connectivity index (χ0v) is 9.58. The maximum Gasteiger partial charge on any atom is 0.186 e. The van der Waals surface area contributed by atoms with Crippen LogP contribution in [0, 0.1) is 0 Å². The Morgan fingerprint density at radius 2 is 1.80 bits per heavy atom. The highest BCUT2D eigenvalue weighted by Gasteiger charge is 2.43. The summed E-state index contributed by atoms with van der Waals surface area (Å²) in [6, 6.07) is 0. The van der Waals surface area contributed by atoms with Crippen LogP contribution in [-0.2, 0) is 9.47 Å². The van der Waals surface area contributed by atoms with Crippen LogP contribution in [0.15, 0.2) is 0 Å². The van der Waals surface area contributed by atoms with Gasteiger partial charge in [0.25, 0.3) is 0 Å². The van der Waals surface area contributed by atoms with E-state index in [9.17, 15) is 15.3 Å². The van der Waals surface area contributed by atoms with Gasteiger partial charge in [-0.05, 0) is 0 Å². The zero-order chi connectivity index (χ0) is 11.4. The molecule has 90 valence electrons. The molecule has 1 aliphatic rings. The van der Waals surface area contributed by atoms with Crippen LogP contribution in [0.3, 0.4) is 0 Å². The first kappa shape index (κ1) is 13.3. The molecule has 1 heterocycles. The van der Waals surface area contributed by atoms with E-state index in [0.29, 0.717) is 11.9 Å². The third-order valence-electron chi connectivity index (χ3n) is 2.21. The lowest BCUT2D eigenvalue weighted by Gasteiger charge is -2.39. The molecule has 0 bridgehead atoms. The molecule has 0 amide bonds. The van der Waals surface area contributed by atoms with Crippen LogP contribution in [-0.4, -0.2) is 69.7 Å². The van der Waals surface area contributed by atoms with Crippen LogP contribution in [0.25, 0.3) is 0 Å². The molecule has 1 fully saturated rings. The van der Waals surface area contributed by atoms with Crippen LogP contribution in [0.2, 0.25) is 0 Å². The fraction of sp³-hybridized carbons (Fsp3) is 1.00. The minimum Gasteiger partial charge on any atom is -0.394 e. The fourth-order valence-electron chi connectivity index (χ4n) is 1.37. The van der Waals surface area contributed by atoms with Gasteiger partial charge in [0.05, 0.1) is 13.2 Å². The van der Waals surface area contributed by atoms with Crippen molar-refractivity contribution in [2.45, 2.75) is 30.7 Å². The van der Waals surface area contributed by atoms with Gasteiger partial charge < -0.3 is 29.9 Å². The second-order valence-electron chi connectivity index (χ2n) is 3.26. The zero-order valence-electron chi connectivity index (χ0n) is 7.99. The first-order valence-corrected chi connectivity index (χ1v) is 5.72. The number of aliphatic hydroxyl groups is 4. The van der Waals surface area contributed by atoms with Crippen molar-refractivity contribution in [3.8, 4) is 0 Å². The highest BCUT2D eigenvalue weighted by atomic mass is 79.9. The number of hydrogen-bond donors (Lipinski definition) is 4. The molecule has 7 heteroatoms. The van der Waals surface area contributed by atoms with Gasteiger partial charge in [0.2, 0.25) is 0 Å². The molecular weight excluding hydrogens is 272 g/mol. The number of rotatable bonds is 4. The van der Waals surface area contributed by atoms with Gasteiger partial charge in [-0.15, -0.1) is 0 Å². The van der Waals surface area contributed by atoms with Gasteiger partial charge in [0.1, 0.15) is 24.4 Å². The van der Waals surface area contributed by atoms with Crippen LogP contribution >= 0.6 is 15.9 Å². The maximum atomic E-state index is 9.49. The summed E-state index contributed by atoms with van der Waals surface area (Å²) < 4.78 is 10.2. The molecular formula is C8H15BrO6. The van der Waals surface area contributed by atoms with E-state index in [0.717, 1.165) is 0 Å². The Hall–Kier alpha value is 0.240. The quantitative estimate of drug-likeness (QED) is 0.455. The van der Waals surface area contributed by atoms with Crippen molar-refractivity contribution >= 4 is 15.9 Å². The molecule has 1 aliphatic heterocycles. The topological polar surface area (TPSA) is 99.4 Å². The summed E-state index contributed by atoms with van der Waals surface area (Å²) in [5.41, 5.74) is 0. The smallest absolute Gasteiger partial charge is 0.186 e. The molecule has 1 saturated heterocycles. The molecule has 6 nitrogen and oxygen atoms in total. The molecule has 4 N–H and O–H groups in total. The minimum absolute atomic E-state index is 0.294. The summed E-state index contributed by atoms with van der Waals surface area (Å²) in [6.45, 7) is -0.151. The first-order chi connectivity index (χ1) is 7.11. The molecule has 1 rings (SSSR count). The number of aliphatic hydroxyl groups excluding tert-OH is 4. The van der Waals surface area contributed by atoms with Crippen molar-refractivity contribution in [1.29, 1.82) is 0 Å². The predicted octanol–water partition coefficient (Wildman–Crippen LogP) is -1.80. The minimum atomic E-state index is -1.38. The van der Waals surface area contributed by atoms with E-state index in [1.54, 1.807) is 0 Å². The largest absolute Gasteiger partial charge is 0.394 e. The number of hydrogen-bond acceptors (Lipinski definition) is 6. The van der Waals surface area contributed by atoms with Gasteiger partial charge in [-0.25, -0.2) is 0 Å². The Labute approximate surface area is 95.6 Å². The number of halogens is 1. The van der Waals surface area contributed by atoms with Gasteiger partial charge in [0, 0.05) is 5.33 Å². The lowest BCUT2D eigenvalue weighted by Crippen LogP contribution is -2.59. The molecule has 0 aromatic rings. The Kier molecular flexibility index (Phi) is 5.41. The van der Waals surface area contributed by atoms with E-state index in [-0.39, 0.29) is 0 Å². The van der Waals surface area contributed by atoms with Gasteiger partial charge in [-0.1, -0.05) is 15.9 Å². The highest BCUT2D eigenvalue weighted by Crippen LogP contribution is 2.21.